The molecule has 0 saturated carbocycles. The Kier molecular flexibility index (Phi) is 5.01. The van der Waals surface area contributed by atoms with E-state index in [9.17, 15) is 4.79 Å². The Bertz CT molecular complexity index is 418. The number of carbonyl (C=O) groups excluding carboxylic acids is 1. The first-order chi connectivity index (χ1) is 8.49. The third kappa shape index (κ3) is 3.39. The van der Waals surface area contributed by atoms with Gasteiger partial charge in [0.1, 0.15) is 0 Å². The molecule has 0 spiro atoms. The normalized spacial score (nSPS) is 13.8. The Morgan fingerprint density at radius 2 is 2.06 bits per heavy atom. The second kappa shape index (κ2) is 6.28. The molecule has 1 aromatic rings. The van der Waals surface area contributed by atoms with Crippen LogP contribution in [0, 0.1) is 5.92 Å². The Balaban J connectivity index is 2.91. The SMILES string of the molecule is CCC(C)C(C)Nc1cc(C(=O)NC)ccc1N. The molecule has 0 aliphatic carbocycles. The Morgan fingerprint density at radius 3 is 2.61 bits per heavy atom. The van der Waals surface area contributed by atoms with E-state index in [4.69, 9.17) is 5.73 Å². The van der Waals surface area contributed by atoms with Gasteiger partial charge in [0.25, 0.3) is 5.91 Å². The van der Waals surface area contributed by atoms with Crippen LogP contribution in [0.25, 0.3) is 0 Å². The molecule has 2 unspecified atom stereocenters. The molecule has 1 amide bonds. The van der Waals surface area contributed by atoms with Crippen molar-refractivity contribution in [2.24, 2.45) is 5.92 Å². The van der Waals surface area contributed by atoms with Crippen LogP contribution in [0.2, 0.25) is 0 Å². The minimum atomic E-state index is -0.103. The topological polar surface area (TPSA) is 67.2 Å². The molecule has 0 heterocycles. The number of carbonyl (C=O) groups is 1. The minimum absolute atomic E-state index is 0.103. The zero-order valence-corrected chi connectivity index (χ0v) is 11.6. The average molecular weight is 249 g/mol. The van der Waals surface area contributed by atoms with Crippen molar-refractivity contribution >= 4 is 17.3 Å². The Morgan fingerprint density at radius 1 is 1.39 bits per heavy atom. The van der Waals surface area contributed by atoms with Crippen molar-refractivity contribution in [1.82, 2.24) is 5.32 Å². The van der Waals surface area contributed by atoms with Crippen molar-refractivity contribution in [3.63, 3.8) is 0 Å². The van der Waals surface area contributed by atoms with Crippen molar-refractivity contribution in [3.8, 4) is 0 Å². The number of nitrogen functional groups attached to an aromatic ring is 1. The maximum atomic E-state index is 11.6. The van der Waals surface area contributed by atoms with Crippen LogP contribution in [-0.4, -0.2) is 19.0 Å². The molecule has 4 heteroatoms. The maximum absolute atomic E-state index is 11.6. The van der Waals surface area contributed by atoms with E-state index in [0.29, 0.717) is 23.2 Å². The lowest BCUT2D eigenvalue weighted by Gasteiger charge is -2.22. The zero-order chi connectivity index (χ0) is 13.7. The smallest absolute Gasteiger partial charge is 0.251 e. The van der Waals surface area contributed by atoms with Crippen LogP contribution in [0.1, 0.15) is 37.6 Å². The van der Waals surface area contributed by atoms with Gasteiger partial charge in [-0.15, -0.1) is 0 Å². The summed E-state index contributed by atoms with van der Waals surface area (Å²) in [6.07, 6.45) is 1.10. The van der Waals surface area contributed by atoms with E-state index in [-0.39, 0.29) is 5.91 Å². The van der Waals surface area contributed by atoms with Gasteiger partial charge in [-0.3, -0.25) is 4.79 Å². The highest BCUT2D eigenvalue weighted by atomic mass is 16.1. The van der Waals surface area contributed by atoms with Crippen molar-refractivity contribution in [3.05, 3.63) is 23.8 Å². The summed E-state index contributed by atoms with van der Waals surface area (Å²) >= 11 is 0. The van der Waals surface area contributed by atoms with E-state index in [1.807, 2.05) is 0 Å². The number of rotatable bonds is 5. The summed E-state index contributed by atoms with van der Waals surface area (Å²) in [4.78, 5) is 11.6. The number of hydrogen-bond donors (Lipinski definition) is 3. The van der Waals surface area contributed by atoms with Crippen molar-refractivity contribution in [2.75, 3.05) is 18.1 Å². The number of amides is 1. The van der Waals surface area contributed by atoms with E-state index >= 15 is 0 Å². The lowest BCUT2D eigenvalue weighted by atomic mass is 10.0. The van der Waals surface area contributed by atoms with Gasteiger partial charge in [0.2, 0.25) is 0 Å². The molecule has 0 saturated heterocycles. The number of hydrogen-bond acceptors (Lipinski definition) is 3. The van der Waals surface area contributed by atoms with Crippen LogP contribution in [0.15, 0.2) is 18.2 Å². The van der Waals surface area contributed by atoms with Crippen LogP contribution in [0.4, 0.5) is 11.4 Å². The fraction of sp³-hybridized carbons (Fsp3) is 0.500. The van der Waals surface area contributed by atoms with Crippen LogP contribution in [0.5, 0.6) is 0 Å². The Hall–Kier alpha value is -1.71. The number of anilines is 2. The fourth-order valence-corrected chi connectivity index (χ4v) is 1.71. The van der Waals surface area contributed by atoms with Crippen LogP contribution in [0.3, 0.4) is 0 Å². The lowest BCUT2D eigenvalue weighted by Crippen LogP contribution is -2.24. The summed E-state index contributed by atoms with van der Waals surface area (Å²) in [6, 6.07) is 5.61. The van der Waals surface area contributed by atoms with Gasteiger partial charge >= 0.3 is 0 Å². The highest BCUT2D eigenvalue weighted by molar-refractivity contribution is 5.96. The molecular formula is C14H23N3O. The quantitative estimate of drug-likeness (QED) is 0.702. The van der Waals surface area contributed by atoms with E-state index in [1.54, 1.807) is 25.2 Å². The second-order valence-corrected chi connectivity index (χ2v) is 4.70. The van der Waals surface area contributed by atoms with Gasteiger partial charge in [-0.1, -0.05) is 20.3 Å². The van der Waals surface area contributed by atoms with Gasteiger partial charge in [0.15, 0.2) is 0 Å². The largest absolute Gasteiger partial charge is 0.397 e. The summed E-state index contributed by atoms with van der Waals surface area (Å²) in [7, 11) is 1.62. The zero-order valence-electron chi connectivity index (χ0n) is 11.6. The maximum Gasteiger partial charge on any atom is 0.251 e. The first-order valence-electron chi connectivity index (χ1n) is 6.37. The van der Waals surface area contributed by atoms with Gasteiger partial charge in [-0.2, -0.15) is 0 Å². The van der Waals surface area contributed by atoms with Gasteiger partial charge < -0.3 is 16.4 Å². The van der Waals surface area contributed by atoms with Gasteiger partial charge in [0, 0.05) is 18.7 Å². The van der Waals surface area contributed by atoms with Gasteiger partial charge in [0.05, 0.1) is 11.4 Å². The summed E-state index contributed by atoms with van der Waals surface area (Å²) < 4.78 is 0. The molecular weight excluding hydrogens is 226 g/mol. The van der Waals surface area contributed by atoms with Gasteiger partial charge in [-0.25, -0.2) is 0 Å². The highest BCUT2D eigenvalue weighted by Gasteiger charge is 2.12. The third-order valence-corrected chi connectivity index (χ3v) is 3.42. The van der Waals surface area contributed by atoms with Crippen LogP contribution < -0.4 is 16.4 Å². The van der Waals surface area contributed by atoms with Gasteiger partial charge in [-0.05, 0) is 31.0 Å². The lowest BCUT2D eigenvalue weighted by molar-refractivity contribution is 0.0963. The molecule has 2 atom stereocenters. The Labute approximate surface area is 109 Å². The molecule has 4 nitrogen and oxygen atoms in total. The molecule has 4 N–H and O–H groups in total. The first-order valence-corrected chi connectivity index (χ1v) is 6.37. The molecule has 0 bridgehead atoms. The van der Waals surface area contributed by atoms with Crippen molar-refractivity contribution in [2.45, 2.75) is 33.2 Å². The minimum Gasteiger partial charge on any atom is -0.397 e. The van der Waals surface area contributed by atoms with E-state index in [1.165, 1.54) is 0 Å². The number of nitrogens with two attached hydrogens (primary N) is 1. The molecule has 0 fully saturated rings. The fourth-order valence-electron chi connectivity index (χ4n) is 1.71. The molecule has 18 heavy (non-hydrogen) atoms. The average Bonchev–Trinajstić information content (AvgIpc) is 2.39. The van der Waals surface area contributed by atoms with Crippen LogP contribution >= 0.6 is 0 Å². The van der Waals surface area contributed by atoms with E-state index < -0.39 is 0 Å². The van der Waals surface area contributed by atoms with E-state index in [0.717, 1.165) is 12.1 Å². The summed E-state index contributed by atoms with van der Waals surface area (Å²) in [5.74, 6) is 0.447. The third-order valence-electron chi connectivity index (χ3n) is 3.42. The highest BCUT2D eigenvalue weighted by Crippen LogP contribution is 2.23. The van der Waals surface area contributed by atoms with Crippen LogP contribution in [-0.2, 0) is 0 Å². The second-order valence-electron chi connectivity index (χ2n) is 4.70. The number of nitrogens with one attached hydrogen (secondary N) is 2. The van der Waals surface area contributed by atoms with E-state index in [2.05, 4.69) is 31.4 Å². The monoisotopic (exact) mass is 249 g/mol. The predicted octanol–water partition coefficient (Wildman–Crippen LogP) is 2.47. The van der Waals surface area contributed by atoms with Crippen molar-refractivity contribution in [1.29, 1.82) is 0 Å². The standard InChI is InChI=1S/C14H23N3O/c1-5-9(2)10(3)17-13-8-11(14(18)16-4)6-7-12(13)15/h6-10,17H,5,15H2,1-4H3,(H,16,18). The van der Waals surface area contributed by atoms with Crippen molar-refractivity contribution < 1.29 is 4.79 Å². The summed E-state index contributed by atoms with van der Waals surface area (Å²) in [5, 5.41) is 5.98. The first kappa shape index (κ1) is 14.4. The summed E-state index contributed by atoms with van der Waals surface area (Å²) in [6.45, 7) is 6.48. The molecule has 0 aliphatic heterocycles. The molecule has 1 aromatic carbocycles. The predicted molar refractivity (Wildman–Crippen MR) is 76.8 cm³/mol. The molecule has 0 aromatic heterocycles. The molecule has 1 rings (SSSR count). The number of benzene rings is 1. The molecule has 100 valence electrons. The molecule has 0 aliphatic rings. The summed E-state index contributed by atoms with van der Waals surface area (Å²) in [5.41, 5.74) is 8.03. The molecule has 0 radical (unpaired) electrons.